The van der Waals surface area contributed by atoms with Gasteiger partial charge in [-0.25, -0.2) is 0 Å². The first-order valence-electron chi connectivity index (χ1n) is 7.54. The molecule has 0 aliphatic rings. The maximum atomic E-state index is 12.1. The highest BCUT2D eigenvalue weighted by Gasteiger charge is 2.18. The Kier molecular flexibility index (Phi) is 10.2. The summed E-state index contributed by atoms with van der Waals surface area (Å²) in [5.74, 6) is 0.159. The summed E-state index contributed by atoms with van der Waals surface area (Å²) in [4.78, 5) is 14.0. The Morgan fingerprint density at radius 2 is 1.85 bits per heavy atom. The molecule has 3 heteroatoms. The Labute approximate surface area is 129 Å². The van der Waals surface area contributed by atoms with Gasteiger partial charge in [-0.2, -0.15) is 0 Å². The molecule has 1 rings (SSSR count). The van der Waals surface area contributed by atoms with Crippen molar-refractivity contribution in [3.05, 3.63) is 29.3 Å². The van der Waals surface area contributed by atoms with Crippen molar-refractivity contribution in [2.24, 2.45) is 5.92 Å². The molecule has 0 bridgehead atoms. The van der Waals surface area contributed by atoms with E-state index in [1.54, 1.807) is 0 Å². The number of benzene rings is 1. The van der Waals surface area contributed by atoms with Gasteiger partial charge in [0.2, 0.25) is 5.91 Å². The molecule has 0 N–H and O–H groups in total. The van der Waals surface area contributed by atoms with Crippen molar-refractivity contribution in [2.45, 2.75) is 53.9 Å². The number of carbonyl (C=O) groups excluding carboxylic acids is 1. The van der Waals surface area contributed by atoms with E-state index in [1.807, 2.05) is 43.0 Å². The van der Waals surface area contributed by atoms with E-state index in [0.29, 0.717) is 5.02 Å². The van der Waals surface area contributed by atoms with E-state index >= 15 is 0 Å². The van der Waals surface area contributed by atoms with Crippen LogP contribution in [0.2, 0.25) is 5.02 Å². The number of hydrogen-bond donors (Lipinski definition) is 0. The van der Waals surface area contributed by atoms with Gasteiger partial charge in [0.25, 0.3) is 0 Å². The van der Waals surface area contributed by atoms with Crippen LogP contribution >= 0.6 is 11.6 Å². The standard InChI is InChI=1S/C14H20ClNO.C3H8/c1-4-5-9-16(14(17)11(2)3)13-8-6-7-12(15)10-13;1-3-2/h6-8,10-11H,4-5,9H2,1-3H3;3H2,1-2H3. The zero-order valence-corrected chi connectivity index (χ0v) is 14.2. The van der Waals surface area contributed by atoms with Crippen molar-refractivity contribution >= 4 is 23.2 Å². The van der Waals surface area contributed by atoms with Gasteiger partial charge in [-0.15, -0.1) is 0 Å². The maximum absolute atomic E-state index is 12.1. The Balaban J connectivity index is 0.00000110. The lowest BCUT2D eigenvalue weighted by Gasteiger charge is -2.24. The number of rotatable bonds is 5. The lowest BCUT2D eigenvalue weighted by atomic mass is 10.1. The number of unbranched alkanes of at least 4 members (excludes halogenated alkanes) is 1. The normalized spacial score (nSPS) is 9.95. The summed E-state index contributed by atoms with van der Waals surface area (Å²) in [6, 6.07) is 7.48. The number of nitrogens with zero attached hydrogens (tertiary/aromatic N) is 1. The second kappa shape index (κ2) is 10.7. The SMILES string of the molecule is CCC.CCCCN(C(=O)C(C)C)c1cccc(Cl)c1. The van der Waals surface area contributed by atoms with Crippen LogP contribution in [0.1, 0.15) is 53.9 Å². The lowest BCUT2D eigenvalue weighted by Crippen LogP contribution is -2.35. The molecule has 0 fully saturated rings. The summed E-state index contributed by atoms with van der Waals surface area (Å²) < 4.78 is 0. The second-order valence-electron chi connectivity index (χ2n) is 5.19. The lowest BCUT2D eigenvalue weighted by molar-refractivity contribution is -0.121. The molecule has 2 nitrogen and oxygen atoms in total. The van der Waals surface area contributed by atoms with Crippen LogP contribution in [0, 0.1) is 5.92 Å². The molecule has 0 radical (unpaired) electrons. The van der Waals surface area contributed by atoms with Gasteiger partial charge in [0.05, 0.1) is 0 Å². The van der Waals surface area contributed by atoms with Crippen LogP contribution in [0.3, 0.4) is 0 Å². The fraction of sp³-hybridized carbons (Fsp3) is 0.588. The summed E-state index contributed by atoms with van der Waals surface area (Å²) >= 11 is 5.97. The zero-order valence-electron chi connectivity index (χ0n) is 13.4. The zero-order chi connectivity index (χ0) is 15.5. The van der Waals surface area contributed by atoms with Crippen LogP contribution in [0.5, 0.6) is 0 Å². The van der Waals surface area contributed by atoms with Gasteiger partial charge < -0.3 is 4.90 Å². The minimum atomic E-state index is 0.00541. The molecule has 0 unspecified atom stereocenters. The number of amides is 1. The van der Waals surface area contributed by atoms with E-state index in [1.165, 1.54) is 6.42 Å². The van der Waals surface area contributed by atoms with E-state index in [4.69, 9.17) is 11.6 Å². The predicted octanol–water partition coefficient (Wildman–Crippen LogP) is 5.55. The van der Waals surface area contributed by atoms with Gasteiger partial charge in [-0.05, 0) is 24.6 Å². The van der Waals surface area contributed by atoms with Gasteiger partial charge in [0.1, 0.15) is 0 Å². The van der Waals surface area contributed by atoms with Crippen LogP contribution < -0.4 is 4.90 Å². The quantitative estimate of drug-likeness (QED) is 0.698. The van der Waals surface area contributed by atoms with Crippen LogP contribution in [0.15, 0.2) is 24.3 Å². The van der Waals surface area contributed by atoms with Crippen LogP contribution in [-0.2, 0) is 4.79 Å². The predicted molar refractivity (Wildman–Crippen MR) is 89.5 cm³/mol. The molecule has 0 saturated heterocycles. The molecule has 1 amide bonds. The third-order valence-corrected chi connectivity index (χ3v) is 2.85. The van der Waals surface area contributed by atoms with E-state index in [0.717, 1.165) is 25.1 Å². The summed E-state index contributed by atoms with van der Waals surface area (Å²) in [5, 5.41) is 0.667. The van der Waals surface area contributed by atoms with Crippen LogP contribution in [-0.4, -0.2) is 12.5 Å². The first-order chi connectivity index (χ1) is 9.47. The van der Waals surface area contributed by atoms with Crippen molar-refractivity contribution in [1.29, 1.82) is 0 Å². The average molecular weight is 298 g/mol. The van der Waals surface area contributed by atoms with E-state index in [9.17, 15) is 4.79 Å². The van der Waals surface area contributed by atoms with Gasteiger partial charge in [-0.1, -0.05) is 65.1 Å². The molecule has 0 spiro atoms. The van der Waals surface area contributed by atoms with Crippen molar-refractivity contribution in [3.63, 3.8) is 0 Å². The number of anilines is 1. The van der Waals surface area contributed by atoms with Crippen LogP contribution in [0.4, 0.5) is 5.69 Å². The van der Waals surface area contributed by atoms with Gasteiger partial charge in [0.15, 0.2) is 0 Å². The third-order valence-electron chi connectivity index (χ3n) is 2.62. The molecule has 0 heterocycles. The largest absolute Gasteiger partial charge is 0.312 e. The van der Waals surface area contributed by atoms with E-state index in [-0.39, 0.29) is 11.8 Å². The van der Waals surface area contributed by atoms with Crippen LogP contribution in [0.25, 0.3) is 0 Å². The molecular formula is C17H28ClNO. The molecule has 114 valence electrons. The van der Waals surface area contributed by atoms with E-state index < -0.39 is 0 Å². The highest BCUT2D eigenvalue weighted by molar-refractivity contribution is 6.30. The van der Waals surface area contributed by atoms with Crippen molar-refractivity contribution < 1.29 is 4.79 Å². The first-order valence-corrected chi connectivity index (χ1v) is 7.92. The Hall–Kier alpha value is -1.02. The van der Waals surface area contributed by atoms with E-state index in [2.05, 4.69) is 20.8 Å². The summed E-state index contributed by atoms with van der Waals surface area (Å²) in [6.45, 7) is 11.0. The average Bonchev–Trinajstić information content (AvgIpc) is 2.40. The molecule has 1 aromatic carbocycles. The Bertz CT molecular complexity index is 390. The molecule has 0 aliphatic carbocycles. The van der Waals surface area contributed by atoms with Crippen molar-refractivity contribution in [3.8, 4) is 0 Å². The molecule has 0 aliphatic heterocycles. The smallest absolute Gasteiger partial charge is 0.229 e. The third kappa shape index (κ3) is 6.95. The second-order valence-corrected chi connectivity index (χ2v) is 5.62. The number of halogens is 1. The first kappa shape index (κ1) is 19.0. The topological polar surface area (TPSA) is 20.3 Å². The molecule has 1 aromatic rings. The Morgan fingerprint density at radius 3 is 2.30 bits per heavy atom. The fourth-order valence-electron chi connectivity index (χ4n) is 1.64. The minimum Gasteiger partial charge on any atom is -0.312 e. The molecule has 0 atom stereocenters. The van der Waals surface area contributed by atoms with Gasteiger partial charge in [0, 0.05) is 23.2 Å². The number of carbonyl (C=O) groups is 1. The fourth-order valence-corrected chi connectivity index (χ4v) is 1.82. The number of hydrogen-bond acceptors (Lipinski definition) is 1. The summed E-state index contributed by atoms with van der Waals surface area (Å²) in [7, 11) is 0. The highest BCUT2D eigenvalue weighted by Crippen LogP contribution is 2.21. The summed E-state index contributed by atoms with van der Waals surface area (Å²) in [5.41, 5.74) is 0.893. The molecular weight excluding hydrogens is 270 g/mol. The molecule has 0 saturated carbocycles. The van der Waals surface area contributed by atoms with Gasteiger partial charge >= 0.3 is 0 Å². The Morgan fingerprint density at radius 1 is 1.25 bits per heavy atom. The summed E-state index contributed by atoms with van der Waals surface area (Å²) in [6.07, 6.45) is 3.33. The minimum absolute atomic E-state index is 0.00541. The maximum Gasteiger partial charge on any atom is 0.229 e. The van der Waals surface area contributed by atoms with Crippen molar-refractivity contribution in [1.82, 2.24) is 0 Å². The molecule has 0 aromatic heterocycles. The molecule has 20 heavy (non-hydrogen) atoms. The van der Waals surface area contributed by atoms with Gasteiger partial charge in [-0.3, -0.25) is 4.79 Å². The monoisotopic (exact) mass is 297 g/mol. The van der Waals surface area contributed by atoms with Crippen molar-refractivity contribution in [2.75, 3.05) is 11.4 Å². The highest BCUT2D eigenvalue weighted by atomic mass is 35.5.